The van der Waals surface area contributed by atoms with E-state index < -0.39 is 17.4 Å². The minimum atomic E-state index is -0.812. The fourth-order valence-corrected chi connectivity index (χ4v) is 5.13. The molecule has 2 aliphatic rings. The van der Waals surface area contributed by atoms with Gasteiger partial charge in [-0.1, -0.05) is 52.3 Å². The number of amides is 3. The van der Waals surface area contributed by atoms with Gasteiger partial charge in [0.2, 0.25) is 0 Å². The SMILES string of the molecule is [C-]#[N+]CNC(=O)C(=O)N1Cc2cccc(C(=O)NC3(c4cc(Br)cc5ccccc45)CC3)c2C1. The third-order valence-corrected chi connectivity index (χ3v) is 6.93. The molecule has 0 spiro atoms. The summed E-state index contributed by atoms with van der Waals surface area (Å²) in [5, 5.41) is 7.78. The number of nitrogens with zero attached hydrogens (tertiary/aromatic N) is 2. The Kier molecular flexibility index (Phi) is 5.58. The number of halogens is 1. The van der Waals surface area contributed by atoms with Gasteiger partial charge in [0.1, 0.15) is 0 Å². The molecule has 1 saturated carbocycles. The number of fused-ring (bicyclic) bond motifs is 2. The second-order valence-corrected chi connectivity index (χ2v) is 9.55. The van der Waals surface area contributed by atoms with E-state index in [2.05, 4.69) is 55.7 Å². The van der Waals surface area contributed by atoms with Crippen molar-refractivity contribution in [3.8, 4) is 0 Å². The predicted molar refractivity (Wildman–Crippen MR) is 130 cm³/mol. The Morgan fingerprint density at radius 3 is 2.62 bits per heavy atom. The molecule has 1 aliphatic carbocycles. The van der Waals surface area contributed by atoms with Crippen LogP contribution < -0.4 is 10.6 Å². The molecule has 3 aromatic carbocycles. The Labute approximate surface area is 205 Å². The molecule has 34 heavy (non-hydrogen) atoms. The maximum absolute atomic E-state index is 13.5. The van der Waals surface area contributed by atoms with E-state index in [1.165, 1.54) is 4.90 Å². The highest BCUT2D eigenvalue weighted by Gasteiger charge is 2.47. The molecule has 170 valence electrons. The van der Waals surface area contributed by atoms with Crippen molar-refractivity contribution in [2.45, 2.75) is 31.5 Å². The molecule has 8 heteroatoms. The molecule has 3 amide bonds. The van der Waals surface area contributed by atoms with Gasteiger partial charge in [-0.25, -0.2) is 6.57 Å². The molecule has 7 nitrogen and oxygen atoms in total. The second kappa shape index (κ2) is 8.58. The molecule has 0 saturated heterocycles. The quantitative estimate of drug-likeness (QED) is 0.408. The van der Waals surface area contributed by atoms with Crippen molar-refractivity contribution >= 4 is 44.4 Å². The molecule has 1 aliphatic heterocycles. The largest absolute Gasteiger partial charge is 0.342 e. The highest BCUT2D eigenvalue weighted by molar-refractivity contribution is 9.10. The molecule has 1 fully saturated rings. The highest BCUT2D eigenvalue weighted by Crippen LogP contribution is 2.49. The minimum absolute atomic E-state index is 0.177. The van der Waals surface area contributed by atoms with Crippen LogP contribution in [0.5, 0.6) is 0 Å². The summed E-state index contributed by atoms with van der Waals surface area (Å²) < 4.78 is 0.966. The first kappa shape index (κ1) is 22.1. The molecule has 3 aromatic rings. The lowest BCUT2D eigenvalue weighted by molar-refractivity contribution is -0.146. The van der Waals surface area contributed by atoms with Crippen LogP contribution in [0.2, 0.25) is 0 Å². The van der Waals surface area contributed by atoms with Crippen LogP contribution >= 0.6 is 15.9 Å². The molecule has 0 unspecified atom stereocenters. The van der Waals surface area contributed by atoms with E-state index in [0.717, 1.165) is 44.8 Å². The second-order valence-electron chi connectivity index (χ2n) is 8.64. The van der Waals surface area contributed by atoms with Gasteiger partial charge in [0.15, 0.2) is 0 Å². The van der Waals surface area contributed by atoms with Crippen LogP contribution in [0.4, 0.5) is 0 Å². The van der Waals surface area contributed by atoms with E-state index in [9.17, 15) is 14.4 Å². The van der Waals surface area contributed by atoms with Crippen LogP contribution in [0.25, 0.3) is 15.6 Å². The monoisotopic (exact) mass is 516 g/mol. The number of hydrogen-bond acceptors (Lipinski definition) is 3. The van der Waals surface area contributed by atoms with Gasteiger partial charge in [0.05, 0.1) is 5.54 Å². The van der Waals surface area contributed by atoms with E-state index in [4.69, 9.17) is 6.57 Å². The summed E-state index contributed by atoms with van der Waals surface area (Å²) in [6.45, 7) is 6.94. The van der Waals surface area contributed by atoms with Crippen molar-refractivity contribution in [2.24, 2.45) is 0 Å². The highest BCUT2D eigenvalue weighted by atomic mass is 79.9. The van der Waals surface area contributed by atoms with Crippen molar-refractivity contribution in [2.75, 3.05) is 6.67 Å². The van der Waals surface area contributed by atoms with Crippen LogP contribution in [0.3, 0.4) is 0 Å². The van der Waals surface area contributed by atoms with Crippen LogP contribution in [0.15, 0.2) is 59.1 Å². The summed E-state index contributed by atoms with van der Waals surface area (Å²) in [4.78, 5) is 42.4. The molecule has 2 N–H and O–H groups in total. The zero-order chi connectivity index (χ0) is 23.9. The van der Waals surface area contributed by atoms with Gasteiger partial charge in [-0.05, 0) is 58.5 Å². The van der Waals surface area contributed by atoms with Gasteiger partial charge < -0.3 is 10.2 Å². The van der Waals surface area contributed by atoms with Gasteiger partial charge in [-0.3, -0.25) is 24.5 Å². The average molecular weight is 517 g/mol. The van der Waals surface area contributed by atoms with Crippen molar-refractivity contribution in [1.29, 1.82) is 0 Å². The molecular formula is C26H21BrN4O3. The summed E-state index contributed by atoms with van der Waals surface area (Å²) >= 11 is 3.60. The van der Waals surface area contributed by atoms with E-state index in [-0.39, 0.29) is 25.7 Å². The molecule has 0 aromatic heterocycles. The number of nitrogens with one attached hydrogen (secondary N) is 2. The molecule has 1 heterocycles. The average Bonchev–Trinajstić information content (AvgIpc) is 3.48. The first-order valence-electron chi connectivity index (χ1n) is 10.9. The first-order chi connectivity index (χ1) is 16.4. The summed E-state index contributed by atoms with van der Waals surface area (Å²) in [7, 11) is 0. The van der Waals surface area contributed by atoms with Gasteiger partial charge >= 0.3 is 11.8 Å². The van der Waals surface area contributed by atoms with E-state index >= 15 is 0 Å². The standard InChI is InChI=1S/C26H21BrN4O3/c1-28-15-29-24(33)25(34)31-13-17-6-4-8-20(21(17)14-31)23(32)30-26(9-10-26)22-12-18(27)11-16-5-2-3-7-19(16)22/h2-8,11-12H,9-10,13-15H2,(H,29,33)(H,30,32). The Morgan fingerprint density at radius 1 is 1.06 bits per heavy atom. The number of rotatable bonds is 4. The smallest absolute Gasteiger partial charge is 0.315 e. The normalized spacial score (nSPS) is 15.4. The lowest BCUT2D eigenvalue weighted by Crippen LogP contribution is -2.40. The van der Waals surface area contributed by atoms with Gasteiger partial charge in [0, 0.05) is 23.1 Å². The van der Waals surface area contributed by atoms with Crippen LogP contribution in [0.1, 0.15) is 39.9 Å². The number of hydrogen-bond donors (Lipinski definition) is 2. The van der Waals surface area contributed by atoms with Gasteiger partial charge in [0.25, 0.3) is 12.6 Å². The van der Waals surface area contributed by atoms with Crippen molar-refractivity contribution in [3.63, 3.8) is 0 Å². The third kappa shape index (κ3) is 3.93. The molecule has 5 rings (SSSR count). The predicted octanol–water partition coefficient (Wildman–Crippen LogP) is 3.86. The van der Waals surface area contributed by atoms with Gasteiger partial charge in [-0.2, -0.15) is 0 Å². The number of carbonyl (C=O) groups excluding carboxylic acids is 3. The van der Waals surface area contributed by atoms with E-state index in [1.54, 1.807) is 12.1 Å². The molecule has 0 radical (unpaired) electrons. The lowest BCUT2D eigenvalue weighted by Gasteiger charge is -2.21. The van der Waals surface area contributed by atoms with Gasteiger partial charge in [-0.15, -0.1) is 0 Å². The van der Waals surface area contributed by atoms with E-state index in [0.29, 0.717) is 5.56 Å². The molecule has 0 atom stereocenters. The fraction of sp³-hybridized carbons (Fsp3) is 0.231. The lowest BCUT2D eigenvalue weighted by atomic mass is 9.96. The minimum Gasteiger partial charge on any atom is -0.342 e. The van der Waals surface area contributed by atoms with Crippen LogP contribution in [0, 0.1) is 6.57 Å². The Bertz CT molecular complexity index is 1390. The summed E-state index contributed by atoms with van der Waals surface area (Å²) in [5.74, 6) is -1.70. The zero-order valence-electron chi connectivity index (χ0n) is 18.2. The maximum atomic E-state index is 13.5. The molecule has 0 bridgehead atoms. The summed E-state index contributed by atoms with van der Waals surface area (Å²) in [5.41, 5.74) is 2.77. The van der Waals surface area contributed by atoms with Crippen molar-refractivity contribution in [1.82, 2.24) is 15.5 Å². The van der Waals surface area contributed by atoms with Crippen LogP contribution in [-0.4, -0.2) is 29.3 Å². The fourth-order valence-electron chi connectivity index (χ4n) is 4.65. The zero-order valence-corrected chi connectivity index (χ0v) is 19.8. The molecular weight excluding hydrogens is 496 g/mol. The Hall–Kier alpha value is -3.70. The van der Waals surface area contributed by atoms with Crippen molar-refractivity contribution < 1.29 is 14.4 Å². The van der Waals surface area contributed by atoms with E-state index in [1.807, 2.05) is 18.2 Å². The Morgan fingerprint density at radius 2 is 1.85 bits per heavy atom. The maximum Gasteiger partial charge on any atom is 0.315 e. The third-order valence-electron chi connectivity index (χ3n) is 6.47. The first-order valence-corrected chi connectivity index (χ1v) is 11.7. The number of benzene rings is 3. The summed E-state index contributed by atoms with van der Waals surface area (Å²) in [6.07, 6.45) is 1.69. The Balaban J connectivity index is 1.40. The number of carbonyl (C=O) groups is 3. The van der Waals surface area contributed by atoms with Crippen molar-refractivity contribution in [3.05, 3.63) is 92.7 Å². The summed E-state index contributed by atoms with van der Waals surface area (Å²) in [6, 6.07) is 17.7. The topological polar surface area (TPSA) is 82.9 Å². The van der Waals surface area contributed by atoms with Crippen LogP contribution in [-0.2, 0) is 28.2 Å².